The molecule has 0 fully saturated rings. The number of carbonyl (C=O) groups is 1. The van der Waals surface area contributed by atoms with Gasteiger partial charge in [-0.3, -0.25) is 0 Å². The lowest BCUT2D eigenvalue weighted by Crippen LogP contribution is -2.31. The fourth-order valence-corrected chi connectivity index (χ4v) is 2.50. The van der Waals surface area contributed by atoms with Crippen LogP contribution in [0.3, 0.4) is 0 Å². The average Bonchev–Trinajstić information content (AvgIpc) is 2.37. The molecule has 0 heterocycles. The highest BCUT2D eigenvalue weighted by molar-refractivity contribution is 5.81. The molecule has 0 aromatic heterocycles. The Morgan fingerprint density at radius 2 is 1.58 bits per heavy atom. The first-order chi connectivity index (χ1) is 9.08. The largest absolute Gasteiger partial charge is 0.456 e. The zero-order chi connectivity index (χ0) is 14.6. The lowest BCUT2D eigenvalue weighted by atomic mass is 9.92. The third-order valence-corrected chi connectivity index (χ3v) is 3.60. The minimum Gasteiger partial charge on any atom is -0.456 e. The van der Waals surface area contributed by atoms with Crippen LogP contribution in [-0.4, -0.2) is 11.6 Å². The Morgan fingerprint density at radius 3 is 2.11 bits per heavy atom. The van der Waals surface area contributed by atoms with Crippen molar-refractivity contribution >= 4 is 5.97 Å². The van der Waals surface area contributed by atoms with E-state index in [0.717, 1.165) is 25.7 Å². The Bertz CT molecular complexity index is 248. The predicted molar refractivity (Wildman–Crippen MR) is 82.2 cm³/mol. The normalized spacial score (nSPS) is 13.8. The van der Waals surface area contributed by atoms with Crippen molar-refractivity contribution in [3.8, 4) is 0 Å². The molecule has 1 unspecified atom stereocenters. The van der Waals surface area contributed by atoms with Crippen LogP contribution in [-0.2, 0) is 9.53 Å². The van der Waals surface area contributed by atoms with Gasteiger partial charge in [0, 0.05) is 6.08 Å². The van der Waals surface area contributed by atoms with E-state index in [4.69, 9.17) is 4.74 Å². The van der Waals surface area contributed by atoms with E-state index in [1.165, 1.54) is 44.6 Å². The first kappa shape index (κ1) is 18.2. The molecule has 0 amide bonds. The van der Waals surface area contributed by atoms with Gasteiger partial charge in [-0.2, -0.15) is 0 Å². The Labute approximate surface area is 119 Å². The van der Waals surface area contributed by atoms with Gasteiger partial charge in [0.05, 0.1) is 0 Å². The second-order valence-electron chi connectivity index (χ2n) is 5.70. The summed E-state index contributed by atoms with van der Waals surface area (Å²) in [5.74, 6) is -0.293. The van der Waals surface area contributed by atoms with Gasteiger partial charge in [0.15, 0.2) is 0 Å². The van der Waals surface area contributed by atoms with Crippen molar-refractivity contribution < 1.29 is 9.53 Å². The van der Waals surface area contributed by atoms with E-state index in [1.807, 2.05) is 0 Å². The first-order valence-corrected chi connectivity index (χ1v) is 7.93. The molecule has 0 bridgehead atoms. The van der Waals surface area contributed by atoms with Crippen LogP contribution in [0.15, 0.2) is 12.7 Å². The smallest absolute Gasteiger partial charge is 0.330 e. The van der Waals surface area contributed by atoms with Crippen LogP contribution in [0.1, 0.15) is 85.0 Å². The lowest BCUT2D eigenvalue weighted by Gasteiger charge is -2.29. The van der Waals surface area contributed by atoms with Gasteiger partial charge in [0.1, 0.15) is 5.60 Å². The molecular weight excluding hydrogens is 236 g/mol. The second-order valence-corrected chi connectivity index (χ2v) is 5.70. The van der Waals surface area contributed by atoms with Crippen molar-refractivity contribution in [2.24, 2.45) is 0 Å². The monoisotopic (exact) mass is 268 g/mol. The lowest BCUT2D eigenvalue weighted by molar-refractivity contribution is -0.153. The summed E-state index contributed by atoms with van der Waals surface area (Å²) in [6.45, 7) is 9.89. The minimum absolute atomic E-state index is 0.293. The van der Waals surface area contributed by atoms with E-state index < -0.39 is 0 Å². The molecule has 0 aliphatic heterocycles. The SMILES string of the molecule is C=CC(=O)OC(C)(CCC)CCCCCCCCC. The molecule has 2 heteroatoms. The van der Waals surface area contributed by atoms with Crippen LogP contribution in [0.25, 0.3) is 0 Å². The molecule has 19 heavy (non-hydrogen) atoms. The standard InChI is InChI=1S/C17H32O2/c1-5-8-9-10-11-12-13-15-17(4,14-6-2)19-16(18)7-3/h7H,3,5-6,8-15H2,1-2,4H3. The van der Waals surface area contributed by atoms with Crippen molar-refractivity contribution in [3.05, 3.63) is 12.7 Å². The molecule has 0 saturated heterocycles. The Balaban J connectivity index is 3.87. The van der Waals surface area contributed by atoms with E-state index in [-0.39, 0.29) is 11.6 Å². The minimum atomic E-state index is -0.302. The van der Waals surface area contributed by atoms with Crippen LogP contribution in [0.4, 0.5) is 0 Å². The Morgan fingerprint density at radius 1 is 1.00 bits per heavy atom. The van der Waals surface area contributed by atoms with Crippen molar-refractivity contribution in [1.82, 2.24) is 0 Å². The van der Waals surface area contributed by atoms with Crippen molar-refractivity contribution in [2.45, 2.75) is 90.6 Å². The highest BCUT2D eigenvalue weighted by Gasteiger charge is 2.26. The number of hydrogen-bond donors (Lipinski definition) is 0. The molecule has 112 valence electrons. The molecule has 0 aromatic rings. The molecule has 2 nitrogen and oxygen atoms in total. The van der Waals surface area contributed by atoms with Crippen LogP contribution >= 0.6 is 0 Å². The summed E-state index contributed by atoms with van der Waals surface area (Å²) < 4.78 is 5.52. The molecule has 0 saturated carbocycles. The van der Waals surface area contributed by atoms with Crippen molar-refractivity contribution in [2.75, 3.05) is 0 Å². The van der Waals surface area contributed by atoms with Gasteiger partial charge in [0.2, 0.25) is 0 Å². The molecule has 0 rings (SSSR count). The van der Waals surface area contributed by atoms with Crippen LogP contribution in [0, 0.1) is 0 Å². The maximum atomic E-state index is 11.4. The van der Waals surface area contributed by atoms with Crippen molar-refractivity contribution in [1.29, 1.82) is 0 Å². The predicted octanol–water partition coefficient (Wildman–Crippen LogP) is 5.42. The van der Waals surface area contributed by atoms with E-state index in [1.54, 1.807) is 0 Å². The molecule has 0 aliphatic rings. The molecule has 1 atom stereocenters. The number of rotatable bonds is 12. The Kier molecular flexibility index (Phi) is 10.6. The van der Waals surface area contributed by atoms with Gasteiger partial charge in [0.25, 0.3) is 0 Å². The maximum Gasteiger partial charge on any atom is 0.330 e. The molecular formula is C17H32O2. The summed E-state index contributed by atoms with van der Waals surface area (Å²) in [6.07, 6.45) is 13.2. The third kappa shape index (κ3) is 9.75. The number of unbranched alkanes of at least 4 members (excludes halogenated alkanes) is 6. The van der Waals surface area contributed by atoms with E-state index in [0.29, 0.717) is 0 Å². The van der Waals surface area contributed by atoms with Gasteiger partial charge < -0.3 is 4.74 Å². The van der Waals surface area contributed by atoms with Gasteiger partial charge in [-0.05, 0) is 26.2 Å². The highest BCUT2D eigenvalue weighted by Crippen LogP contribution is 2.25. The van der Waals surface area contributed by atoms with Crippen molar-refractivity contribution in [3.63, 3.8) is 0 Å². The summed E-state index contributed by atoms with van der Waals surface area (Å²) in [6, 6.07) is 0. The van der Waals surface area contributed by atoms with E-state index in [2.05, 4.69) is 27.4 Å². The number of carbonyl (C=O) groups excluding carboxylic acids is 1. The summed E-state index contributed by atoms with van der Waals surface area (Å²) in [5, 5.41) is 0. The first-order valence-electron chi connectivity index (χ1n) is 7.93. The molecule has 0 aromatic carbocycles. The fourth-order valence-electron chi connectivity index (χ4n) is 2.50. The van der Waals surface area contributed by atoms with Crippen LogP contribution in [0.5, 0.6) is 0 Å². The second kappa shape index (κ2) is 11.1. The number of esters is 1. The van der Waals surface area contributed by atoms with Gasteiger partial charge in [-0.15, -0.1) is 0 Å². The van der Waals surface area contributed by atoms with Gasteiger partial charge >= 0.3 is 5.97 Å². The average molecular weight is 268 g/mol. The number of hydrogen-bond acceptors (Lipinski definition) is 2. The highest BCUT2D eigenvalue weighted by atomic mass is 16.6. The van der Waals surface area contributed by atoms with Crippen LogP contribution in [0.2, 0.25) is 0 Å². The molecule has 0 N–H and O–H groups in total. The van der Waals surface area contributed by atoms with Gasteiger partial charge in [-0.25, -0.2) is 4.79 Å². The van der Waals surface area contributed by atoms with Gasteiger partial charge in [-0.1, -0.05) is 65.4 Å². The molecule has 0 radical (unpaired) electrons. The zero-order valence-corrected chi connectivity index (χ0v) is 13.2. The summed E-state index contributed by atoms with van der Waals surface area (Å²) in [5.41, 5.74) is -0.302. The summed E-state index contributed by atoms with van der Waals surface area (Å²) in [7, 11) is 0. The topological polar surface area (TPSA) is 26.3 Å². The third-order valence-electron chi connectivity index (χ3n) is 3.60. The quantitative estimate of drug-likeness (QED) is 0.268. The van der Waals surface area contributed by atoms with E-state index in [9.17, 15) is 4.79 Å². The molecule has 0 spiro atoms. The Hall–Kier alpha value is -0.790. The molecule has 0 aliphatic carbocycles. The fraction of sp³-hybridized carbons (Fsp3) is 0.824. The zero-order valence-electron chi connectivity index (χ0n) is 13.2. The number of ether oxygens (including phenoxy) is 1. The summed E-state index contributed by atoms with van der Waals surface area (Å²) in [4.78, 5) is 11.4. The summed E-state index contributed by atoms with van der Waals surface area (Å²) >= 11 is 0. The van der Waals surface area contributed by atoms with E-state index >= 15 is 0 Å². The maximum absolute atomic E-state index is 11.4. The van der Waals surface area contributed by atoms with Crippen LogP contribution < -0.4 is 0 Å².